The molecule has 0 spiro atoms. The first-order valence-corrected chi connectivity index (χ1v) is 7.53. The molecule has 1 aliphatic heterocycles. The number of pyridine rings is 1. The van der Waals surface area contributed by atoms with Crippen molar-refractivity contribution in [1.82, 2.24) is 9.88 Å². The summed E-state index contributed by atoms with van der Waals surface area (Å²) in [5.41, 5.74) is 9.34. The molecule has 0 radical (unpaired) electrons. The molecule has 2 N–H and O–H groups in total. The van der Waals surface area contributed by atoms with Gasteiger partial charge in [0.2, 0.25) is 0 Å². The zero-order valence-electron chi connectivity index (χ0n) is 12.3. The van der Waals surface area contributed by atoms with Gasteiger partial charge in [0.15, 0.2) is 0 Å². The standard InChI is InChI=1S/C17H22N4/c18-16-7-8-19-13-17(16)21-10-4-9-20(11-12-21)14-15-5-2-1-3-6-15/h1-3,5-8,13H,4,9-12,14H2,(H2,18,19). The van der Waals surface area contributed by atoms with Crippen molar-refractivity contribution < 1.29 is 0 Å². The van der Waals surface area contributed by atoms with Crippen LogP contribution in [0, 0.1) is 0 Å². The Bertz CT molecular complexity index is 570. The highest BCUT2D eigenvalue weighted by molar-refractivity contribution is 5.65. The maximum Gasteiger partial charge on any atom is 0.0786 e. The Morgan fingerprint density at radius 3 is 2.67 bits per heavy atom. The molecule has 0 bridgehead atoms. The molecular weight excluding hydrogens is 260 g/mol. The normalized spacial score (nSPS) is 16.7. The van der Waals surface area contributed by atoms with Gasteiger partial charge in [-0.15, -0.1) is 0 Å². The van der Waals surface area contributed by atoms with E-state index in [1.54, 1.807) is 6.20 Å². The molecule has 0 saturated carbocycles. The molecule has 110 valence electrons. The minimum absolute atomic E-state index is 0.821. The number of nitrogens with two attached hydrogens (primary N) is 1. The summed E-state index contributed by atoms with van der Waals surface area (Å²) in [6.45, 7) is 5.26. The molecule has 4 heteroatoms. The predicted octanol–water partition coefficient (Wildman–Crippen LogP) is 2.38. The average molecular weight is 282 g/mol. The number of benzene rings is 1. The zero-order valence-corrected chi connectivity index (χ0v) is 12.3. The third-order valence-electron chi connectivity index (χ3n) is 4.01. The quantitative estimate of drug-likeness (QED) is 0.939. The van der Waals surface area contributed by atoms with Crippen LogP contribution in [0.3, 0.4) is 0 Å². The predicted molar refractivity (Wildman–Crippen MR) is 87.2 cm³/mol. The number of aromatic nitrogens is 1. The highest BCUT2D eigenvalue weighted by atomic mass is 15.2. The molecule has 2 heterocycles. The van der Waals surface area contributed by atoms with Gasteiger partial charge in [0.05, 0.1) is 17.6 Å². The number of hydrogen-bond acceptors (Lipinski definition) is 4. The monoisotopic (exact) mass is 282 g/mol. The van der Waals surface area contributed by atoms with Crippen LogP contribution in [0.4, 0.5) is 11.4 Å². The van der Waals surface area contributed by atoms with Crippen molar-refractivity contribution in [2.75, 3.05) is 36.8 Å². The molecule has 1 fully saturated rings. The van der Waals surface area contributed by atoms with E-state index in [-0.39, 0.29) is 0 Å². The van der Waals surface area contributed by atoms with Crippen LogP contribution in [0.25, 0.3) is 0 Å². The van der Waals surface area contributed by atoms with Crippen molar-refractivity contribution in [3.63, 3.8) is 0 Å². The Hall–Kier alpha value is -2.07. The van der Waals surface area contributed by atoms with Gasteiger partial charge in [-0.05, 0) is 18.1 Å². The van der Waals surface area contributed by atoms with Gasteiger partial charge in [-0.3, -0.25) is 9.88 Å². The van der Waals surface area contributed by atoms with Gasteiger partial charge in [0.25, 0.3) is 0 Å². The van der Waals surface area contributed by atoms with Crippen molar-refractivity contribution >= 4 is 11.4 Å². The van der Waals surface area contributed by atoms with Gasteiger partial charge < -0.3 is 10.6 Å². The molecule has 4 nitrogen and oxygen atoms in total. The summed E-state index contributed by atoms with van der Waals surface area (Å²) in [6.07, 6.45) is 4.78. The van der Waals surface area contributed by atoms with Crippen LogP contribution < -0.4 is 10.6 Å². The van der Waals surface area contributed by atoms with E-state index in [1.807, 2.05) is 12.3 Å². The fourth-order valence-corrected chi connectivity index (χ4v) is 2.87. The minimum Gasteiger partial charge on any atom is -0.397 e. The van der Waals surface area contributed by atoms with Gasteiger partial charge in [-0.2, -0.15) is 0 Å². The molecule has 1 aliphatic rings. The van der Waals surface area contributed by atoms with E-state index in [0.717, 1.165) is 50.5 Å². The molecule has 1 aromatic carbocycles. The smallest absolute Gasteiger partial charge is 0.0786 e. The van der Waals surface area contributed by atoms with Crippen LogP contribution in [0.1, 0.15) is 12.0 Å². The Labute approximate surface area is 126 Å². The molecular formula is C17H22N4. The van der Waals surface area contributed by atoms with Gasteiger partial charge in [-0.25, -0.2) is 0 Å². The molecule has 21 heavy (non-hydrogen) atoms. The van der Waals surface area contributed by atoms with Crippen molar-refractivity contribution in [2.45, 2.75) is 13.0 Å². The highest BCUT2D eigenvalue weighted by Crippen LogP contribution is 2.22. The zero-order chi connectivity index (χ0) is 14.5. The average Bonchev–Trinajstić information content (AvgIpc) is 2.74. The van der Waals surface area contributed by atoms with E-state index in [0.29, 0.717) is 0 Å². The van der Waals surface area contributed by atoms with E-state index in [2.05, 4.69) is 45.1 Å². The largest absolute Gasteiger partial charge is 0.397 e. The lowest BCUT2D eigenvalue weighted by Gasteiger charge is -2.24. The lowest BCUT2D eigenvalue weighted by Crippen LogP contribution is -2.30. The fraction of sp³-hybridized carbons (Fsp3) is 0.353. The maximum absolute atomic E-state index is 6.07. The molecule has 1 aromatic heterocycles. The maximum atomic E-state index is 6.07. The van der Waals surface area contributed by atoms with Crippen molar-refractivity contribution in [2.24, 2.45) is 0 Å². The molecule has 3 rings (SSSR count). The van der Waals surface area contributed by atoms with E-state index in [4.69, 9.17) is 5.73 Å². The Balaban J connectivity index is 1.63. The summed E-state index contributed by atoms with van der Waals surface area (Å²) < 4.78 is 0. The molecule has 0 atom stereocenters. The first-order valence-electron chi connectivity index (χ1n) is 7.53. The Morgan fingerprint density at radius 1 is 1.00 bits per heavy atom. The second-order valence-corrected chi connectivity index (χ2v) is 5.54. The topological polar surface area (TPSA) is 45.4 Å². The van der Waals surface area contributed by atoms with Crippen LogP contribution in [-0.4, -0.2) is 36.1 Å². The first-order chi connectivity index (χ1) is 10.3. The summed E-state index contributed by atoms with van der Waals surface area (Å²) in [5, 5.41) is 0. The van der Waals surface area contributed by atoms with Crippen molar-refractivity contribution in [3.8, 4) is 0 Å². The lowest BCUT2D eigenvalue weighted by atomic mass is 10.2. The second kappa shape index (κ2) is 6.59. The third-order valence-corrected chi connectivity index (χ3v) is 4.01. The number of nitrogens with zero attached hydrogens (tertiary/aromatic N) is 3. The summed E-state index contributed by atoms with van der Waals surface area (Å²) >= 11 is 0. The van der Waals surface area contributed by atoms with Crippen LogP contribution in [0.2, 0.25) is 0 Å². The second-order valence-electron chi connectivity index (χ2n) is 5.54. The number of nitrogen functional groups attached to an aromatic ring is 1. The van der Waals surface area contributed by atoms with Gasteiger partial charge in [-0.1, -0.05) is 30.3 Å². The van der Waals surface area contributed by atoms with Crippen LogP contribution >= 0.6 is 0 Å². The third kappa shape index (κ3) is 3.52. The van der Waals surface area contributed by atoms with E-state index in [9.17, 15) is 0 Å². The number of rotatable bonds is 3. The molecule has 0 amide bonds. The van der Waals surface area contributed by atoms with Crippen LogP contribution in [0.5, 0.6) is 0 Å². The molecule has 2 aromatic rings. The van der Waals surface area contributed by atoms with E-state index < -0.39 is 0 Å². The van der Waals surface area contributed by atoms with Crippen LogP contribution in [0.15, 0.2) is 48.8 Å². The van der Waals surface area contributed by atoms with Gasteiger partial charge >= 0.3 is 0 Å². The molecule has 0 aliphatic carbocycles. The summed E-state index contributed by atoms with van der Waals surface area (Å²) in [5.74, 6) is 0. The lowest BCUT2D eigenvalue weighted by molar-refractivity contribution is 0.285. The van der Waals surface area contributed by atoms with Crippen molar-refractivity contribution in [1.29, 1.82) is 0 Å². The van der Waals surface area contributed by atoms with Crippen LogP contribution in [-0.2, 0) is 6.54 Å². The summed E-state index contributed by atoms with van der Waals surface area (Å²) in [6, 6.07) is 12.6. The van der Waals surface area contributed by atoms with E-state index in [1.165, 1.54) is 5.56 Å². The molecule has 1 saturated heterocycles. The number of hydrogen-bond donors (Lipinski definition) is 1. The minimum atomic E-state index is 0.821. The van der Waals surface area contributed by atoms with Gasteiger partial charge in [0.1, 0.15) is 0 Å². The summed E-state index contributed by atoms with van der Waals surface area (Å²) in [4.78, 5) is 9.07. The van der Waals surface area contributed by atoms with Crippen molar-refractivity contribution in [3.05, 3.63) is 54.4 Å². The number of anilines is 2. The first kappa shape index (κ1) is 13.9. The highest BCUT2D eigenvalue weighted by Gasteiger charge is 2.16. The Kier molecular flexibility index (Phi) is 4.36. The van der Waals surface area contributed by atoms with E-state index >= 15 is 0 Å². The van der Waals surface area contributed by atoms with Gasteiger partial charge in [0, 0.05) is 38.9 Å². The molecule has 0 unspecified atom stereocenters. The SMILES string of the molecule is Nc1ccncc1N1CCCN(Cc2ccccc2)CC1. The fourth-order valence-electron chi connectivity index (χ4n) is 2.87. The Morgan fingerprint density at radius 2 is 1.86 bits per heavy atom. The summed E-state index contributed by atoms with van der Waals surface area (Å²) in [7, 11) is 0.